The lowest BCUT2D eigenvalue weighted by Gasteiger charge is -2.04. The molecule has 0 saturated carbocycles. The molecule has 2 aromatic heterocycles. The van der Waals surface area contributed by atoms with Crippen LogP contribution in [0.25, 0.3) is 56.2 Å². The second-order valence-electron chi connectivity index (χ2n) is 7.82. The monoisotopic (exact) mass is 435 g/mol. The van der Waals surface area contributed by atoms with Gasteiger partial charge in [0.25, 0.3) is 5.52 Å². The molecule has 6 nitrogen and oxygen atoms in total. The van der Waals surface area contributed by atoms with E-state index in [4.69, 9.17) is 13.8 Å². The molecule has 6 aromatic rings. The van der Waals surface area contributed by atoms with Gasteiger partial charge in [-0.15, -0.1) is 0 Å². The number of oxazole rings is 2. The SMILES string of the molecule is C[n+]1c(-c2nc3c(-c4ccccc4O)cccc3o2)oc2cccc(-c3ccccc3O)c21. The molecule has 0 aliphatic heterocycles. The highest BCUT2D eigenvalue weighted by molar-refractivity contribution is 5.94. The molecule has 0 unspecified atom stereocenters. The fourth-order valence-corrected chi connectivity index (χ4v) is 4.29. The van der Waals surface area contributed by atoms with Crippen LogP contribution in [0.4, 0.5) is 0 Å². The lowest BCUT2D eigenvalue weighted by Crippen LogP contribution is -2.29. The molecule has 2 heterocycles. The zero-order valence-corrected chi connectivity index (χ0v) is 17.7. The maximum Gasteiger partial charge on any atom is 0.438 e. The Bertz CT molecular complexity index is 1660. The number of para-hydroxylation sites is 4. The van der Waals surface area contributed by atoms with Gasteiger partial charge in [0.1, 0.15) is 24.1 Å². The van der Waals surface area contributed by atoms with Gasteiger partial charge in [-0.05, 0) is 30.3 Å². The van der Waals surface area contributed by atoms with Gasteiger partial charge in [-0.2, -0.15) is 9.55 Å². The molecule has 0 radical (unpaired) electrons. The number of aromatic nitrogens is 2. The Morgan fingerprint density at radius 2 is 1.21 bits per heavy atom. The molecule has 33 heavy (non-hydrogen) atoms. The van der Waals surface area contributed by atoms with E-state index in [0.717, 1.165) is 16.6 Å². The molecule has 4 aromatic carbocycles. The highest BCUT2D eigenvalue weighted by Gasteiger charge is 2.29. The van der Waals surface area contributed by atoms with Crippen molar-refractivity contribution in [2.24, 2.45) is 7.05 Å². The Hall–Kier alpha value is -4.58. The maximum atomic E-state index is 10.4. The molecule has 0 aliphatic rings. The number of rotatable bonds is 3. The summed E-state index contributed by atoms with van der Waals surface area (Å²) in [6.45, 7) is 0. The van der Waals surface area contributed by atoms with E-state index in [1.165, 1.54) is 0 Å². The van der Waals surface area contributed by atoms with Crippen molar-refractivity contribution in [2.45, 2.75) is 0 Å². The van der Waals surface area contributed by atoms with Crippen LogP contribution >= 0.6 is 0 Å². The normalized spacial score (nSPS) is 11.4. The third-order valence-electron chi connectivity index (χ3n) is 5.84. The van der Waals surface area contributed by atoms with E-state index in [-0.39, 0.29) is 11.5 Å². The van der Waals surface area contributed by atoms with Crippen LogP contribution in [0.3, 0.4) is 0 Å². The standard InChI is InChI=1S/C27H18N2O4/c1-29-25-19(17-9-3-5-13-21(17)31)11-7-15-23(25)33-27(29)26-28-24-18(10-6-14-22(24)32-26)16-8-2-4-12-20(16)30/h2-15,31H,1H3/p+1. The number of hydrogen-bond donors (Lipinski definition) is 2. The molecule has 6 rings (SSSR count). The number of phenols is 2. The van der Waals surface area contributed by atoms with Crippen LogP contribution in [-0.4, -0.2) is 15.2 Å². The zero-order chi connectivity index (χ0) is 22.5. The van der Waals surface area contributed by atoms with Crippen LogP contribution in [0.2, 0.25) is 0 Å². The fourth-order valence-electron chi connectivity index (χ4n) is 4.29. The number of hydrogen-bond acceptors (Lipinski definition) is 5. The summed E-state index contributed by atoms with van der Waals surface area (Å²) in [4.78, 5) is 4.73. The Kier molecular flexibility index (Phi) is 4.20. The number of aryl methyl sites for hydroxylation is 1. The van der Waals surface area contributed by atoms with Gasteiger partial charge in [0.2, 0.25) is 5.58 Å². The molecular formula is C27H19N2O4+. The van der Waals surface area contributed by atoms with Crippen molar-refractivity contribution in [2.75, 3.05) is 0 Å². The topological polar surface area (TPSA) is 83.5 Å². The van der Waals surface area contributed by atoms with Gasteiger partial charge < -0.3 is 19.0 Å². The van der Waals surface area contributed by atoms with Crippen LogP contribution < -0.4 is 4.57 Å². The summed E-state index contributed by atoms with van der Waals surface area (Å²) in [7, 11) is 1.88. The minimum Gasteiger partial charge on any atom is -0.507 e. The molecule has 0 bridgehead atoms. The summed E-state index contributed by atoms with van der Waals surface area (Å²) < 4.78 is 14.1. The number of nitrogens with zero attached hydrogens (tertiary/aromatic N) is 2. The van der Waals surface area contributed by atoms with Crippen LogP contribution in [0.1, 0.15) is 0 Å². The largest absolute Gasteiger partial charge is 0.507 e. The van der Waals surface area contributed by atoms with Crippen molar-refractivity contribution in [3.8, 4) is 45.5 Å². The average Bonchev–Trinajstić information content (AvgIpc) is 3.41. The Morgan fingerprint density at radius 3 is 1.91 bits per heavy atom. The molecule has 2 N–H and O–H groups in total. The van der Waals surface area contributed by atoms with Gasteiger partial charge in [0, 0.05) is 16.7 Å². The molecule has 0 saturated heterocycles. The summed E-state index contributed by atoms with van der Waals surface area (Å²) in [5.74, 6) is 1.15. The predicted octanol–water partition coefficient (Wildman–Crippen LogP) is 5.81. The number of aromatic hydroxyl groups is 2. The fraction of sp³-hybridized carbons (Fsp3) is 0.0370. The Balaban J connectivity index is 1.56. The molecular weight excluding hydrogens is 416 g/mol. The van der Waals surface area contributed by atoms with Crippen molar-refractivity contribution < 1.29 is 23.6 Å². The minimum atomic E-state index is 0.177. The van der Waals surface area contributed by atoms with Gasteiger partial charge in [-0.3, -0.25) is 0 Å². The molecule has 0 fully saturated rings. The van der Waals surface area contributed by atoms with Gasteiger partial charge in [0.05, 0.1) is 5.56 Å². The lowest BCUT2D eigenvalue weighted by molar-refractivity contribution is -0.638. The third kappa shape index (κ3) is 2.96. The average molecular weight is 435 g/mol. The van der Waals surface area contributed by atoms with Crippen LogP contribution in [0, 0.1) is 0 Å². The van der Waals surface area contributed by atoms with Gasteiger partial charge >= 0.3 is 11.8 Å². The van der Waals surface area contributed by atoms with Crippen LogP contribution in [0.5, 0.6) is 11.5 Å². The van der Waals surface area contributed by atoms with E-state index < -0.39 is 0 Å². The number of benzene rings is 4. The Morgan fingerprint density at radius 1 is 0.636 bits per heavy atom. The number of phenolic OH excluding ortho intramolecular Hbond substituents is 2. The second-order valence-corrected chi connectivity index (χ2v) is 7.82. The van der Waals surface area contributed by atoms with Crippen LogP contribution in [-0.2, 0) is 7.05 Å². The Labute approximate surface area is 188 Å². The van der Waals surface area contributed by atoms with Gasteiger partial charge in [0.15, 0.2) is 5.58 Å². The molecule has 0 amide bonds. The van der Waals surface area contributed by atoms with Crippen molar-refractivity contribution in [1.82, 2.24) is 4.98 Å². The molecule has 6 heteroatoms. The van der Waals surface area contributed by atoms with Gasteiger partial charge in [-0.1, -0.05) is 54.6 Å². The van der Waals surface area contributed by atoms with Gasteiger partial charge in [-0.25, -0.2) is 0 Å². The summed E-state index contributed by atoms with van der Waals surface area (Å²) in [6, 6.07) is 25.7. The van der Waals surface area contributed by atoms with Crippen molar-refractivity contribution in [3.63, 3.8) is 0 Å². The first kappa shape index (κ1) is 19.1. The first-order valence-electron chi connectivity index (χ1n) is 10.5. The van der Waals surface area contributed by atoms with E-state index in [0.29, 0.717) is 39.6 Å². The quantitative estimate of drug-likeness (QED) is 0.343. The molecule has 0 atom stereocenters. The van der Waals surface area contributed by atoms with Crippen molar-refractivity contribution in [3.05, 3.63) is 84.9 Å². The molecule has 160 valence electrons. The maximum absolute atomic E-state index is 10.4. The van der Waals surface area contributed by atoms with E-state index in [1.54, 1.807) is 24.3 Å². The first-order chi connectivity index (χ1) is 16.1. The van der Waals surface area contributed by atoms with Crippen molar-refractivity contribution in [1.29, 1.82) is 0 Å². The van der Waals surface area contributed by atoms with Crippen LogP contribution in [0.15, 0.2) is 93.8 Å². The molecule has 0 aliphatic carbocycles. The van der Waals surface area contributed by atoms with E-state index in [2.05, 4.69) is 0 Å². The highest BCUT2D eigenvalue weighted by atomic mass is 16.4. The summed E-state index contributed by atoms with van der Waals surface area (Å²) in [6.07, 6.45) is 0. The zero-order valence-electron chi connectivity index (χ0n) is 17.7. The smallest absolute Gasteiger partial charge is 0.438 e. The van der Waals surface area contributed by atoms with E-state index in [1.807, 2.05) is 72.3 Å². The highest BCUT2D eigenvalue weighted by Crippen LogP contribution is 2.37. The first-order valence-corrected chi connectivity index (χ1v) is 10.5. The third-order valence-corrected chi connectivity index (χ3v) is 5.84. The minimum absolute atomic E-state index is 0.177. The lowest BCUT2D eigenvalue weighted by atomic mass is 10.0. The number of fused-ring (bicyclic) bond motifs is 2. The molecule has 0 spiro atoms. The predicted molar refractivity (Wildman–Crippen MR) is 125 cm³/mol. The summed E-state index contributed by atoms with van der Waals surface area (Å²) >= 11 is 0. The van der Waals surface area contributed by atoms with E-state index >= 15 is 0 Å². The van der Waals surface area contributed by atoms with E-state index in [9.17, 15) is 10.2 Å². The van der Waals surface area contributed by atoms with Crippen molar-refractivity contribution >= 4 is 22.2 Å². The summed E-state index contributed by atoms with van der Waals surface area (Å²) in [5, 5.41) is 20.7. The summed E-state index contributed by atoms with van der Waals surface area (Å²) in [5.41, 5.74) is 5.70. The second kappa shape index (κ2) is 7.24.